The van der Waals surface area contributed by atoms with Crippen molar-refractivity contribution in [3.05, 3.63) is 17.0 Å². The number of ketones is 1. The van der Waals surface area contributed by atoms with Crippen molar-refractivity contribution in [3.8, 4) is 11.5 Å². The van der Waals surface area contributed by atoms with Gasteiger partial charge in [0.25, 0.3) is 0 Å². The van der Waals surface area contributed by atoms with Crippen LogP contribution in [0.1, 0.15) is 29.4 Å². The average Bonchev–Trinajstić information content (AvgIpc) is 2.92. The maximum atomic E-state index is 12.3. The van der Waals surface area contributed by atoms with Gasteiger partial charge in [-0.1, -0.05) is 6.92 Å². The Morgan fingerprint density at radius 3 is 2.64 bits per heavy atom. The minimum Gasteiger partial charge on any atom is -0.503 e. The molecule has 1 aromatic heterocycles. The number of carbonyl (C=O) groups excluding carboxylic acids is 1. The first-order valence-electron chi connectivity index (χ1n) is 6.74. The SMILES string of the molecule is CC[C@H](CC(=O)c1cc2c(N)c(O)c(OC)cc2s1)C(=O)O. The molecule has 0 bridgehead atoms. The van der Waals surface area contributed by atoms with E-state index in [0.717, 1.165) is 0 Å². The van der Waals surface area contributed by atoms with E-state index in [-0.39, 0.29) is 29.4 Å². The number of methoxy groups -OCH3 is 1. The molecule has 0 aliphatic carbocycles. The standard InChI is InChI=1S/C15H17NO5S/c1-3-7(15(19)20)4-9(17)12-5-8-11(22-12)6-10(21-2)14(18)13(8)16/h5-7,18H,3-4,16H2,1-2H3,(H,19,20)/t7-/m1/s1. The van der Waals surface area contributed by atoms with Crippen LogP contribution in [0.2, 0.25) is 0 Å². The number of nitrogens with two attached hydrogens (primary N) is 1. The monoisotopic (exact) mass is 323 g/mol. The average molecular weight is 323 g/mol. The third-order valence-electron chi connectivity index (χ3n) is 3.57. The molecule has 118 valence electrons. The zero-order valence-electron chi connectivity index (χ0n) is 12.3. The molecule has 0 fully saturated rings. The van der Waals surface area contributed by atoms with Gasteiger partial charge in [0.15, 0.2) is 17.3 Å². The molecule has 0 radical (unpaired) electrons. The third kappa shape index (κ3) is 2.85. The highest BCUT2D eigenvalue weighted by molar-refractivity contribution is 7.21. The third-order valence-corrected chi connectivity index (χ3v) is 4.69. The summed E-state index contributed by atoms with van der Waals surface area (Å²) in [7, 11) is 1.42. The number of phenolic OH excluding ortho intramolecular Hbond substituents is 1. The molecular formula is C15H17NO5S. The molecule has 22 heavy (non-hydrogen) atoms. The predicted molar refractivity (Wildman–Crippen MR) is 84.8 cm³/mol. The Kier molecular flexibility index (Phi) is 4.56. The van der Waals surface area contributed by atoms with Crippen molar-refractivity contribution >= 4 is 38.9 Å². The summed E-state index contributed by atoms with van der Waals surface area (Å²) in [4.78, 5) is 23.7. The van der Waals surface area contributed by atoms with Gasteiger partial charge in [0.1, 0.15) is 0 Å². The number of ether oxygens (including phenoxy) is 1. The number of aliphatic carboxylic acids is 1. The van der Waals surface area contributed by atoms with Gasteiger partial charge in [-0.15, -0.1) is 11.3 Å². The first kappa shape index (κ1) is 16.1. The summed E-state index contributed by atoms with van der Waals surface area (Å²) in [5.41, 5.74) is 6.00. The number of hydrogen-bond donors (Lipinski definition) is 3. The lowest BCUT2D eigenvalue weighted by Gasteiger charge is -2.06. The van der Waals surface area contributed by atoms with Crippen LogP contribution in [0.15, 0.2) is 12.1 Å². The highest BCUT2D eigenvalue weighted by Gasteiger charge is 2.22. The Bertz CT molecular complexity index is 737. The fraction of sp³-hybridized carbons (Fsp3) is 0.333. The number of aromatic hydroxyl groups is 1. The van der Waals surface area contributed by atoms with E-state index >= 15 is 0 Å². The van der Waals surface area contributed by atoms with Crippen LogP contribution in [0.4, 0.5) is 5.69 Å². The number of carboxylic acid groups (broad SMARTS) is 1. The molecule has 0 saturated heterocycles. The van der Waals surface area contributed by atoms with Gasteiger partial charge in [-0.2, -0.15) is 0 Å². The van der Waals surface area contributed by atoms with Crippen LogP contribution in [0.3, 0.4) is 0 Å². The Morgan fingerprint density at radius 1 is 1.41 bits per heavy atom. The summed E-state index contributed by atoms with van der Waals surface area (Å²) in [6.45, 7) is 1.73. The van der Waals surface area contributed by atoms with Crippen molar-refractivity contribution in [2.75, 3.05) is 12.8 Å². The van der Waals surface area contributed by atoms with Crippen LogP contribution >= 0.6 is 11.3 Å². The number of anilines is 1. The number of thiophene rings is 1. The lowest BCUT2D eigenvalue weighted by Crippen LogP contribution is -2.16. The minimum atomic E-state index is -0.976. The zero-order chi connectivity index (χ0) is 16.4. The van der Waals surface area contributed by atoms with Gasteiger partial charge in [-0.3, -0.25) is 9.59 Å². The van der Waals surface area contributed by atoms with Crippen molar-refractivity contribution < 1.29 is 24.5 Å². The molecule has 6 nitrogen and oxygen atoms in total. The molecule has 2 rings (SSSR count). The second-order valence-corrected chi connectivity index (χ2v) is 6.02. The second kappa shape index (κ2) is 6.23. The summed E-state index contributed by atoms with van der Waals surface area (Å²) < 4.78 is 5.74. The van der Waals surface area contributed by atoms with Crippen molar-refractivity contribution in [2.45, 2.75) is 19.8 Å². The highest BCUT2D eigenvalue weighted by atomic mass is 32.1. The van der Waals surface area contributed by atoms with Crippen molar-refractivity contribution in [1.29, 1.82) is 0 Å². The van der Waals surface area contributed by atoms with Crippen LogP contribution in [0.5, 0.6) is 11.5 Å². The summed E-state index contributed by atoms with van der Waals surface area (Å²) in [5, 5.41) is 19.5. The molecule has 0 aliphatic rings. The Hall–Kier alpha value is -2.28. The molecule has 0 spiro atoms. The number of rotatable bonds is 6. The largest absolute Gasteiger partial charge is 0.503 e. The van der Waals surface area contributed by atoms with Crippen LogP contribution in [0, 0.1) is 5.92 Å². The maximum Gasteiger partial charge on any atom is 0.306 e. The van der Waals surface area contributed by atoms with Crippen molar-refractivity contribution in [3.63, 3.8) is 0 Å². The highest BCUT2D eigenvalue weighted by Crippen LogP contribution is 2.42. The van der Waals surface area contributed by atoms with E-state index < -0.39 is 11.9 Å². The van der Waals surface area contributed by atoms with Crippen LogP contribution < -0.4 is 10.5 Å². The topological polar surface area (TPSA) is 110 Å². The van der Waals surface area contributed by atoms with Crippen LogP contribution in [0.25, 0.3) is 10.1 Å². The van der Waals surface area contributed by atoms with Gasteiger partial charge < -0.3 is 20.7 Å². The van der Waals surface area contributed by atoms with Gasteiger partial charge in [-0.05, 0) is 12.5 Å². The van der Waals surface area contributed by atoms with E-state index in [1.165, 1.54) is 18.4 Å². The lowest BCUT2D eigenvalue weighted by molar-refractivity contribution is -0.141. The number of nitrogen functional groups attached to an aromatic ring is 1. The quantitative estimate of drug-likeness (QED) is 0.428. The smallest absolute Gasteiger partial charge is 0.306 e. The Balaban J connectivity index is 2.39. The molecule has 0 amide bonds. The fourth-order valence-corrected chi connectivity index (χ4v) is 3.25. The van der Waals surface area contributed by atoms with Crippen molar-refractivity contribution in [1.82, 2.24) is 0 Å². The molecular weight excluding hydrogens is 306 g/mol. The summed E-state index contributed by atoms with van der Waals surface area (Å²) in [6, 6.07) is 3.20. The second-order valence-electron chi connectivity index (χ2n) is 4.93. The molecule has 4 N–H and O–H groups in total. The molecule has 1 heterocycles. The minimum absolute atomic E-state index is 0.0539. The molecule has 0 aliphatic heterocycles. The first-order chi connectivity index (χ1) is 10.4. The molecule has 1 atom stereocenters. The maximum absolute atomic E-state index is 12.3. The number of benzene rings is 1. The van der Waals surface area contributed by atoms with E-state index in [0.29, 0.717) is 21.4 Å². The molecule has 0 saturated carbocycles. The van der Waals surface area contributed by atoms with E-state index in [4.69, 9.17) is 15.6 Å². The number of fused-ring (bicyclic) bond motifs is 1. The van der Waals surface area contributed by atoms with Gasteiger partial charge in [0.05, 0.1) is 23.6 Å². The summed E-state index contributed by atoms with van der Waals surface area (Å²) in [6.07, 6.45) is 0.338. The molecule has 7 heteroatoms. The zero-order valence-corrected chi connectivity index (χ0v) is 13.1. The van der Waals surface area contributed by atoms with E-state index in [1.54, 1.807) is 19.1 Å². The van der Waals surface area contributed by atoms with Crippen LogP contribution in [-0.4, -0.2) is 29.1 Å². The lowest BCUT2D eigenvalue weighted by atomic mass is 9.99. The Morgan fingerprint density at radius 2 is 2.09 bits per heavy atom. The summed E-state index contributed by atoms with van der Waals surface area (Å²) in [5.74, 6) is -1.84. The van der Waals surface area contributed by atoms with Gasteiger partial charge in [0.2, 0.25) is 0 Å². The van der Waals surface area contributed by atoms with Gasteiger partial charge in [0, 0.05) is 22.6 Å². The molecule has 0 unspecified atom stereocenters. The number of carboxylic acids is 1. The van der Waals surface area contributed by atoms with E-state index in [1.807, 2.05) is 0 Å². The molecule has 1 aromatic carbocycles. The van der Waals surface area contributed by atoms with Gasteiger partial charge >= 0.3 is 5.97 Å². The van der Waals surface area contributed by atoms with Crippen molar-refractivity contribution in [2.24, 2.45) is 5.92 Å². The number of Topliss-reactive ketones (excluding diaryl/α,β-unsaturated/α-hetero) is 1. The molecule has 2 aromatic rings. The Labute approximate surface area is 131 Å². The summed E-state index contributed by atoms with van der Waals surface area (Å²) >= 11 is 1.21. The fourth-order valence-electron chi connectivity index (χ4n) is 2.19. The van der Waals surface area contributed by atoms with Gasteiger partial charge in [-0.25, -0.2) is 0 Å². The normalized spacial score (nSPS) is 12.3. The predicted octanol–water partition coefficient (Wildman–Crippen LogP) is 2.88. The number of carbonyl (C=O) groups is 2. The first-order valence-corrected chi connectivity index (χ1v) is 7.55. The number of phenols is 1. The van der Waals surface area contributed by atoms with E-state index in [2.05, 4.69) is 0 Å². The van der Waals surface area contributed by atoms with Crippen LogP contribution in [-0.2, 0) is 4.79 Å². The number of hydrogen-bond acceptors (Lipinski definition) is 6. The van der Waals surface area contributed by atoms with E-state index in [9.17, 15) is 14.7 Å².